The quantitative estimate of drug-likeness (QED) is 0.637. The Morgan fingerprint density at radius 3 is 2.69 bits per heavy atom. The highest BCUT2D eigenvalue weighted by Crippen LogP contribution is 2.35. The number of nitrogens with zero attached hydrogens (tertiary/aromatic N) is 2. The Morgan fingerprint density at radius 1 is 1.06 bits per heavy atom. The van der Waals surface area contributed by atoms with E-state index in [1.807, 2.05) is 6.20 Å². The number of anilines is 2. The molecule has 0 bridgehead atoms. The molecule has 6 heteroatoms. The summed E-state index contributed by atoms with van der Waals surface area (Å²) in [6.07, 6.45) is 9.80. The third-order valence-corrected chi connectivity index (χ3v) is 7.30. The Hall–Kier alpha value is -2.18. The molecule has 3 aliphatic rings. The Morgan fingerprint density at radius 2 is 1.88 bits per heavy atom. The number of ether oxygens (including phenoxy) is 1. The maximum absolute atomic E-state index is 9.77. The van der Waals surface area contributed by atoms with E-state index in [1.165, 1.54) is 16.7 Å². The Kier molecular flexibility index (Phi) is 6.08. The topological polar surface area (TPSA) is 79.3 Å². The molecule has 1 atom stereocenters. The molecule has 1 saturated carbocycles. The first-order valence-corrected chi connectivity index (χ1v) is 12.3. The molecule has 0 amide bonds. The van der Waals surface area contributed by atoms with Crippen molar-refractivity contribution >= 4 is 11.6 Å². The van der Waals surface area contributed by atoms with Crippen molar-refractivity contribution in [3.05, 3.63) is 35.5 Å². The largest absolute Gasteiger partial charge is 0.393 e. The number of hydrogen-bond donors (Lipinski definition) is 3. The number of aliphatic hydroxyl groups excluding tert-OH is 1. The molecule has 2 aromatic rings. The van der Waals surface area contributed by atoms with Crippen LogP contribution in [0.1, 0.15) is 63.5 Å². The molecule has 0 aromatic carbocycles. The van der Waals surface area contributed by atoms with Crippen molar-refractivity contribution in [2.45, 2.75) is 83.0 Å². The van der Waals surface area contributed by atoms with Gasteiger partial charge in [-0.15, -0.1) is 0 Å². The molecule has 0 radical (unpaired) electrons. The van der Waals surface area contributed by atoms with Crippen molar-refractivity contribution in [1.82, 2.24) is 9.97 Å². The second-order valence-electron chi connectivity index (χ2n) is 10.4. The summed E-state index contributed by atoms with van der Waals surface area (Å²) in [6.45, 7) is 6.14. The lowest BCUT2D eigenvalue weighted by atomic mass is 9.88. The van der Waals surface area contributed by atoms with E-state index < -0.39 is 0 Å². The fourth-order valence-electron chi connectivity index (χ4n) is 5.48. The van der Waals surface area contributed by atoms with Gasteiger partial charge in [-0.1, -0.05) is 6.07 Å². The molecule has 3 heterocycles. The number of rotatable bonds is 5. The smallest absolute Gasteiger partial charge is 0.126 e. The van der Waals surface area contributed by atoms with Gasteiger partial charge in [0.25, 0.3) is 0 Å². The van der Waals surface area contributed by atoms with Crippen molar-refractivity contribution in [1.29, 1.82) is 0 Å². The second-order valence-corrected chi connectivity index (χ2v) is 10.4. The molecular formula is C26H36N4O2. The van der Waals surface area contributed by atoms with Gasteiger partial charge in [0.15, 0.2) is 0 Å². The Balaban J connectivity index is 1.31. The van der Waals surface area contributed by atoms with E-state index >= 15 is 0 Å². The van der Waals surface area contributed by atoms with E-state index in [2.05, 4.69) is 47.7 Å². The van der Waals surface area contributed by atoms with E-state index in [4.69, 9.17) is 9.72 Å². The third kappa shape index (κ3) is 4.91. The van der Waals surface area contributed by atoms with Crippen LogP contribution in [-0.4, -0.2) is 46.0 Å². The maximum Gasteiger partial charge on any atom is 0.126 e. The summed E-state index contributed by atoms with van der Waals surface area (Å²) in [6, 6.07) is 6.92. The highest BCUT2D eigenvalue weighted by Gasteiger charge is 2.29. The standard InChI is InChI=1S/C26H36N4O2/c1-26(2)14-17(11-12-32-26)15-27-23-10-5-18-3-4-19-16-28-24(13-22(19)25(18)30-23)29-20-6-8-21(31)9-7-20/h5,10,13,16-17,20-21,31H,3-4,6-9,11-12,14-15H2,1-2H3,(H,27,30)(H,28,29). The number of aromatic nitrogens is 2. The number of pyridine rings is 2. The van der Waals surface area contributed by atoms with Crippen LogP contribution in [0.4, 0.5) is 11.6 Å². The summed E-state index contributed by atoms with van der Waals surface area (Å²) in [4.78, 5) is 9.72. The van der Waals surface area contributed by atoms with Crippen LogP contribution in [0.5, 0.6) is 0 Å². The fraction of sp³-hybridized carbons (Fsp3) is 0.615. The van der Waals surface area contributed by atoms with Gasteiger partial charge >= 0.3 is 0 Å². The minimum absolute atomic E-state index is 0.0281. The van der Waals surface area contributed by atoms with E-state index in [-0.39, 0.29) is 11.7 Å². The number of nitrogens with one attached hydrogen (secondary N) is 2. The van der Waals surface area contributed by atoms with Gasteiger partial charge in [-0.2, -0.15) is 0 Å². The predicted molar refractivity (Wildman–Crippen MR) is 128 cm³/mol. The third-order valence-electron chi connectivity index (χ3n) is 7.30. The zero-order chi connectivity index (χ0) is 22.1. The van der Waals surface area contributed by atoms with Crippen LogP contribution in [0.3, 0.4) is 0 Å². The van der Waals surface area contributed by atoms with Crippen LogP contribution in [0.25, 0.3) is 11.3 Å². The van der Waals surface area contributed by atoms with E-state index in [1.54, 1.807) is 0 Å². The Labute approximate surface area is 191 Å². The zero-order valence-electron chi connectivity index (χ0n) is 19.4. The predicted octanol–water partition coefficient (Wildman–Crippen LogP) is 4.57. The minimum Gasteiger partial charge on any atom is -0.393 e. The monoisotopic (exact) mass is 436 g/mol. The summed E-state index contributed by atoms with van der Waals surface area (Å²) in [5, 5.41) is 17.0. The van der Waals surface area contributed by atoms with E-state index in [9.17, 15) is 5.11 Å². The number of aryl methyl sites for hydroxylation is 2. The van der Waals surface area contributed by atoms with E-state index in [0.29, 0.717) is 12.0 Å². The average Bonchev–Trinajstić information content (AvgIpc) is 2.78. The molecule has 0 spiro atoms. The molecule has 172 valence electrons. The number of aliphatic hydroxyl groups is 1. The van der Waals surface area contributed by atoms with Crippen LogP contribution in [0, 0.1) is 5.92 Å². The first-order chi connectivity index (χ1) is 15.4. The van der Waals surface area contributed by atoms with Gasteiger partial charge in [0.1, 0.15) is 11.6 Å². The molecule has 2 aromatic heterocycles. The fourth-order valence-corrected chi connectivity index (χ4v) is 5.48. The van der Waals surface area contributed by atoms with Gasteiger partial charge in [0, 0.05) is 31.0 Å². The lowest BCUT2D eigenvalue weighted by Gasteiger charge is -2.35. The molecule has 32 heavy (non-hydrogen) atoms. The van der Waals surface area contributed by atoms with Gasteiger partial charge in [-0.05, 0) is 94.4 Å². The zero-order valence-corrected chi connectivity index (χ0v) is 19.4. The van der Waals surface area contributed by atoms with Crippen LogP contribution in [-0.2, 0) is 17.6 Å². The molecule has 1 unspecified atom stereocenters. The van der Waals surface area contributed by atoms with Crippen LogP contribution in [0.15, 0.2) is 24.4 Å². The lowest BCUT2D eigenvalue weighted by Crippen LogP contribution is -2.36. The molecule has 3 N–H and O–H groups in total. The van der Waals surface area contributed by atoms with Crippen LogP contribution in [0.2, 0.25) is 0 Å². The first-order valence-electron chi connectivity index (χ1n) is 12.3. The molecule has 1 saturated heterocycles. The minimum atomic E-state index is -0.140. The van der Waals surface area contributed by atoms with Gasteiger partial charge in [0.05, 0.1) is 17.4 Å². The molecule has 5 rings (SSSR count). The molecule has 6 nitrogen and oxygen atoms in total. The lowest BCUT2D eigenvalue weighted by molar-refractivity contribution is -0.0699. The SMILES string of the molecule is CC1(C)CC(CNc2ccc3c(n2)-c2cc(NC4CCC(O)CC4)ncc2CC3)CCO1. The number of fused-ring (bicyclic) bond motifs is 3. The van der Waals surface area contributed by atoms with Crippen LogP contribution < -0.4 is 10.6 Å². The highest BCUT2D eigenvalue weighted by atomic mass is 16.5. The van der Waals surface area contributed by atoms with Crippen LogP contribution >= 0.6 is 0 Å². The summed E-state index contributed by atoms with van der Waals surface area (Å²) in [5.41, 5.74) is 4.86. The Bertz CT molecular complexity index is 953. The van der Waals surface area contributed by atoms with Crippen molar-refractivity contribution in [2.24, 2.45) is 5.92 Å². The highest BCUT2D eigenvalue weighted by molar-refractivity contribution is 5.73. The summed E-state index contributed by atoms with van der Waals surface area (Å²) < 4.78 is 5.86. The first kappa shape index (κ1) is 21.7. The second kappa shape index (κ2) is 8.99. The molecule has 1 aliphatic heterocycles. The molecule has 2 fully saturated rings. The van der Waals surface area contributed by atoms with Gasteiger partial charge < -0.3 is 20.5 Å². The van der Waals surface area contributed by atoms with Crippen molar-refractivity contribution < 1.29 is 9.84 Å². The van der Waals surface area contributed by atoms with Crippen molar-refractivity contribution in [2.75, 3.05) is 23.8 Å². The van der Waals surface area contributed by atoms with Gasteiger partial charge in [0.2, 0.25) is 0 Å². The van der Waals surface area contributed by atoms with Gasteiger partial charge in [-0.25, -0.2) is 9.97 Å². The number of hydrogen-bond acceptors (Lipinski definition) is 6. The van der Waals surface area contributed by atoms with Gasteiger partial charge in [-0.3, -0.25) is 0 Å². The summed E-state index contributed by atoms with van der Waals surface area (Å²) in [7, 11) is 0. The summed E-state index contributed by atoms with van der Waals surface area (Å²) >= 11 is 0. The van der Waals surface area contributed by atoms with Crippen molar-refractivity contribution in [3.63, 3.8) is 0 Å². The van der Waals surface area contributed by atoms with E-state index in [0.717, 1.165) is 81.8 Å². The summed E-state index contributed by atoms with van der Waals surface area (Å²) in [5.74, 6) is 2.48. The average molecular weight is 437 g/mol. The normalized spacial score (nSPS) is 26.7. The molecular weight excluding hydrogens is 400 g/mol. The maximum atomic E-state index is 9.77. The molecule has 2 aliphatic carbocycles. The van der Waals surface area contributed by atoms with Crippen molar-refractivity contribution in [3.8, 4) is 11.3 Å².